The lowest BCUT2D eigenvalue weighted by Gasteiger charge is -2.11. The van der Waals surface area contributed by atoms with E-state index in [0.29, 0.717) is 16.3 Å². The summed E-state index contributed by atoms with van der Waals surface area (Å²) in [5.41, 5.74) is 7.51. The van der Waals surface area contributed by atoms with Crippen LogP contribution in [0.5, 0.6) is 0 Å². The number of benzene rings is 1. The molecule has 0 radical (unpaired) electrons. The first kappa shape index (κ1) is 13.8. The molecule has 1 heterocycles. The van der Waals surface area contributed by atoms with Crippen LogP contribution in [0.4, 0.5) is 5.69 Å². The Labute approximate surface area is 120 Å². The zero-order chi connectivity index (χ0) is 14.0. The van der Waals surface area contributed by atoms with E-state index in [1.165, 1.54) is 11.3 Å². The smallest absolute Gasteiger partial charge is 0.251 e. The largest absolute Gasteiger partial charge is 0.398 e. The first-order chi connectivity index (χ1) is 8.97. The molecule has 2 rings (SSSR count). The summed E-state index contributed by atoms with van der Waals surface area (Å²) in [6, 6.07) is 4.69. The lowest BCUT2D eigenvalue weighted by atomic mass is 10.2. The predicted molar refractivity (Wildman–Crippen MR) is 78.6 cm³/mol. The normalized spacial score (nSPS) is 12.2. The van der Waals surface area contributed by atoms with Crippen LogP contribution in [0.2, 0.25) is 5.02 Å². The van der Waals surface area contributed by atoms with Gasteiger partial charge in [-0.05, 0) is 32.0 Å². The number of amides is 1. The second-order valence-corrected chi connectivity index (χ2v) is 5.56. The highest BCUT2D eigenvalue weighted by molar-refractivity contribution is 7.09. The van der Waals surface area contributed by atoms with Crippen molar-refractivity contribution in [3.8, 4) is 0 Å². The molecule has 0 aliphatic rings. The predicted octanol–water partition coefficient (Wildman–Crippen LogP) is 3.18. The van der Waals surface area contributed by atoms with Crippen LogP contribution in [0.3, 0.4) is 0 Å². The molecule has 0 saturated heterocycles. The molecule has 1 atom stereocenters. The van der Waals surface area contributed by atoms with E-state index < -0.39 is 0 Å². The average Bonchev–Trinajstić information content (AvgIpc) is 2.79. The maximum absolute atomic E-state index is 12.1. The minimum atomic E-state index is -0.192. The summed E-state index contributed by atoms with van der Waals surface area (Å²) >= 11 is 7.43. The molecule has 4 nitrogen and oxygen atoms in total. The van der Waals surface area contributed by atoms with Gasteiger partial charge in [-0.25, -0.2) is 4.98 Å². The summed E-state index contributed by atoms with van der Waals surface area (Å²) in [6.45, 7) is 3.82. The Bertz CT molecular complexity index is 612. The van der Waals surface area contributed by atoms with Gasteiger partial charge in [0.05, 0.1) is 16.8 Å². The fourth-order valence-corrected chi connectivity index (χ4v) is 2.57. The average molecular weight is 296 g/mol. The van der Waals surface area contributed by atoms with E-state index in [4.69, 9.17) is 17.3 Å². The first-order valence-corrected chi connectivity index (χ1v) is 7.01. The highest BCUT2D eigenvalue weighted by atomic mass is 35.5. The fraction of sp³-hybridized carbons (Fsp3) is 0.231. The molecule has 2 aromatic rings. The van der Waals surface area contributed by atoms with Crippen LogP contribution in [0, 0.1) is 6.92 Å². The van der Waals surface area contributed by atoms with Crippen LogP contribution in [0.25, 0.3) is 0 Å². The number of halogens is 1. The van der Waals surface area contributed by atoms with Crippen LogP contribution in [-0.4, -0.2) is 10.9 Å². The molecule has 0 fully saturated rings. The number of nitrogens with zero attached hydrogens (tertiary/aromatic N) is 1. The van der Waals surface area contributed by atoms with Gasteiger partial charge in [-0.1, -0.05) is 11.6 Å². The quantitative estimate of drug-likeness (QED) is 0.855. The van der Waals surface area contributed by atoms with E-state index in [9.17, 15) is 4.79 Å². The number of nitrogens with two attached hydrogens (primary N) is 1. The van der Waals surface area contributed by atoms with Crippen LogP contribution < -0.4 is 11.1 Å². The van der Waals surface area contributed by atoms with Crippen molar-refractivity contribution in [2.45, 2.75) is 19.9 Å². The number of aryl methyl sites for hydroxylation is 1. The second kappa shape index (κ2) is 5.59. The number of aromatic nitrogens is 1. The molecule has 1 unspecified atom stereocenters. The Morgan fingerprint density at radius 3 is 2.84 bits per heavy atom. The number of anilines is 1. The number of carbonyl (C=O) groups excluding carboxylic acids is 1. The van der Waals surface area contributed by atoms with E-state index >= 15 is 0 Å². The zero-order valence-corrected chi connectivity index (χ0v) is 12.2. The second-order valence-electron chi connectivity index (χ2n) is 4.26. The van der Waals surface area contributed by atoms with Gasteiger partial charge in [0, 0.05) is 16.6 Å². The van der Waals surface area contributed by atoms with E-state index in [0.717, 1.165) is 10.7 Å². The summed E-state index contributed by atoms with van der Waals surface area (Å²) in [5.74, 6) is -0.192. The van der Waals surface area contributed by atoms with Gasteiger partial charge in [0.2, 0.25) is 0 Å². The van der Waals surface area contributed by atoms with Gasteiger partial charge in [-0.2, -0.15) is 0 Å². The molecule has 6 heteroatoms. The Morgan fingerprint density at radius 2 is 2.26 bits per heavy atom. The van der Waals surface area contributed by atoms with Gasteiger partial charge in [0.15, 0.2) is 0 Å². The van der Waals surface area contributed by atoms with E-state index in [-0.39, 0.29) is 11.9 Å². The lowest BCUT2D eigenvalue weighted by molar-refractivity contribution is 0.0940. The molecule has 1 amide bonds. The van der Waals surface area contributed by atoms with Gasteiger partial charge in [0.1, 0.15) is 5.01 Å². The highest BCUT2D eigenvalue weighted by Crippen LogP contribution is 2.21. The molecule has 0 spiro atoms. The molecular formula is C13H14ClN3OS. The van der Waals surface area contributed by atoms with Crippen LogP contribution >= 0.6 is 22.9 Å². The Hall–Kier alpha value is -1.59. The summed E-state index contributed by atoms with van der Waals surface area (Å²) < 4.78 is 0. The molecule has 3 N–H and O–H groups in total. The van der Waals surface area contributed by atoms with Crippen molar-refractivity contribution in [2.75, 3.05) is 5.73 Å². The van der Waals surface area contributed by atoms with Gasteiger partial charge in [-0.15, -0.1) is 11.3 Å². The van der Waals surface area contributed by atoms with Gasteiger partial charge in [-0.3, -0.25) is 4.79 Å². The Balaban J connectivity index is 2.10. The third kappa shape index (κ3) is 3.24. The maximum Gasteiger partial charge on any atom is 0.251 e. The summed E-state index contributed by atoms with van der Waals surface area (Å²) in [4.78, 5) is 16.4. The van der Waals surface area contributed by atoms with Gasteiger partial charge >= 0.3 is 0 Å². The number of nitrogens with one attached hydrogen (secondary N) is 1. The van der Waals surface area contributed by atoms with Gasteiger partial charge < -0.3 is 11.1 Å². The maximum atomic E-state index is 12.1. The van der Waals surface area contributed by atoms with E-state index in [2.05, 4.69) is 10.3 Å². The third-order valence-corrected chi connectivity index (χ3v) is 4.09. The van der Waals surface area contributed by atoms with E-state index in [1.807, 2.05) is 19.2 Å². The minimum absolute atomic E-state index is 0.137. The monoisotopic (exact) mass is 295 g/mol. The number of hydrogen-bond acceptors (Lipinski definition) is 4. The number of hydrogen-bond donors (Lipinski definition) is 2. The standard InChI is InChI=1S/C13H14ClN3OS/c1-7-6-19-13(16-7)8(2)17-12(18)9-3-4-11(15)10(14)5-9/h3-6,8H,15H2,1-2H3,(H,17,18). The number of carbonyl (C=O) groups is 1. The van der Waals surface area contributed by atoms with Crippen LogP contribution in [-0.2, 0) is 0 Å². The highest BCUT2D eigenvalue weighted by Gasteiger charge is 2.14. The first-order valence-electron chi connectivity index (χ1n) is 5.75. The SMILES string of the molecule is Cc1csc(C(C)NC(=O)c2ccc(N)c(Cl)c2)n1. The fourth-order valence-electron chi connectivity index (χ4n) is 1.58. The zero-order valence-electron chi connectivity index (χ0n) is 10.6. The van der Waals surface area contributed by atoms with Gasteiger partial charge in [0.25, 0.3) is 5.91 Å². The Kier molecular flexibility index (Phi) is 4.07. The molecule has 19 heavy (non-hydrogen) atoms. The van der Waals surface area contributed by atoms with Crippen LogP contribution in [0.1, 0.15) is 34.0 Å². The van der Waals surface area contributed by atoms with Crippen molar-refractivity contribution in [1.29, 1.82) is 0 Å². The number of thiazole rings is 1. The minimum Gasteiger partial charge on any atom is -0.398 e. The summed E-state index contributed by atoms with van der Waals surface area (Å²) in [6.07, 6.45) is 0. The molecule has 0 aliphatic heterocycles. The van der Waals surface area contributed by atoms with E-state index in [1.54, 1.807) is 18.2 Å². The molecule has 0 bridgehead atoms. The van der Waals surface area contributed by atoms with Crippen molar-refractivity contribution in [2.24, 2.45) is 0 Å². The van der Waals surface area contributed by atoms with Crippen molar-refractivity contribution >= 4 is 34.5 Å². The lowest BCUT2D eigenvalue weighted by Crippen LogP contribution is -2.26. The van der Waals surface area contributed by atoms with Crippen molar-refractivity contribution in [1.82, 2.24) is 10.3 Å². The third-order valence-electron chi connectivity index (χ3n) is 2.62. The molecule has 100 valence electrons. The molecule has 0 saturated carbocycles. The summed E-state index contributed by atoms with van der Waals surface area (Å²) in [5, 5.41) is 6.10. The van der Waals surface area contributed by atoms with Crippen molar-refractivity contribution in [3.05, 3.63) is 44.9 Å². The molecular weight excluding hydrogens is 282 g/mol. The summed E-state index contributed by atoms with van der Waals surface area (Å²) in [7, 11) is 0. The van der Waals surface area contributed by atoms with Crippen molar-refractivity contribution in [3.63, 3.8) is 0 Å². The number of rotatable bonds is 3. The molecule has 0 aliphatic carbocycles. The topological polar surface area (TPSA) is 68.0 Å². The molecule has 1 aromatic heterocycles. The Morgan fingerprint density at radius 1 is 1.53 bits per heavy atom. The number of nitrogen functional groups attached to an aromatic ring is 1. The molecule has 1 aromatic carbocycles. The van der Waals surface area contributed by atoms with Crippen LogP contribution in [0.15, 0.2) is 23.6 Å². The van der Waals surface area contributed by atoms with Crippen molar-refractivity contribution < 1.29 is 4.79 Å².